The summed E-state index contributed by atoms with van der Waals surface area (Å²) in [6, 6.07) is 7.83. The Bertz CT molecular complexity index is 631. The first kappa shape index (κ1) is 13.7. The van der Waals surface area contributed by atoms with Crippen molar-refractivity contribution in [3.05, 3.63) is 57.3 Å². The highest BCUT2D eigenvalue weighted by Gasteiger charge is 2.10. The molecule has 0 aliphatic carbocycles. The monoisotopic (exact) mass is 308 g/mol. The number of halogens is 2. The number of ether oxygens (including phenoxy) is 1. The van der Waals surface area contributed by atoms with Gasteiger partial charge < -0.3 is 10.1 Å². The molecule has 0 saturated heterocycles. The van der Waals surface area contributed by atoms with Crippen LogP contribution in [0.1, 0.15) is 16.7 Å². The van der Waals surface area contributed by atoms with Crippen molar-refractivity contribution < 1.29 is 4.74 Å². The van der Waals surface area contributed by atoms with Gasteiger partial charge in [-0.1, -0.05) is 29.3 Å². The first-order chi connectivity index (χ1) is 9.72. The lowest BCUT2D eigenvalue weighted by molar-refractivity contribution is 0.305. The zero-order valence-corrected chi connectivity index (χ0v) is 12.3. The first-order valence-corrected chi connectivity index (χ1v) is 7.23. The van der Waals surface area contributed by atoms with Gasteiger partial charge >= 0.3 is 0 Å². The number of hydrogen-bond acceptors (Lipinski definition) is 3. The Morgan fingerprint density at radius 2 is 2.10 bits per heavy atom. The average Bonchev–Trinajstić information content (AvgIpc) is 2.46. The molecule has 1 N–H and O–H groups in total. The number of pyridine rings is 1. The highest BCUT2D eigenvalue weighted by Crippen LogP contribution is 2.23. The van der Waals surface area contributed by atoms with E-state index in [4.69, 9.17) is 27.9 Å². The second-order valence-electron chi connectivity index (χ2n) is 4.74. The lowest BCUT2D eigenvalue weighted by atomic mass is 10.0. The predicted octanol–water partition coefficient (Wildman–Crippen LogP) is 3.61. The smallest absolute Gasteiger partial charge is 0.130 e. The fourth-order valence-corrected chi connectivity index (χ4v) is 2.67. The van der Waals surface area contributed by atoms with Gasteiger partial charge in [0.15, 0.2) is 0 Å². The van der Waals surface area contributed by atoms with Gasteiger partial charge in [0.1, 0.15) is 17.5 Å². The van der Waals surface area contributed by atoms with Gasteiger partial charge in [0, 0.05) is 18.3 Å². The van der Waals surface area contributed by atoms with Gasteiger partial charge in [-0.25, -0.2) is 4.98 Å². The van der Waals surface area contributed by atoms with Gasteiger partial charge in [-0.15, -0.1) is 0 Å². The van der Waals surface area contributed by atoms with Gasteiger partial charge in [0.05, 0.1) is 5.02 Å². The van der Waals surface area contributed by atoms with Gasteiger partial charge in [-0.2, -0.15) is 0 Å². The number of fused-ring (bicyclic) bond motifs is 1. The molecule has 0 atom stereocenters. The number of nitrogens with zero attached hydrogens (tertiary/aromatic N) is 1. The van der Waals surface area contributed by atoms with Crippen molar-refractivity contribution >= 4 is 23.2 Å². The largest absolute Gasteiger partial charge is 0.489 e. The summed E-state index contributed by atoms with van der Waals surface area (Å²) in [7, 11) is 0. The van der Waals surface area contributed by atoms with Crippen LogP contribution in [0, 0.1) is 0 Å². The normalized spacial score (nSPS) is 13.9. The van der Waals surface area contributed by atoms with Crippen molar-refractivity contribution in [2.75, 3.05) is 6.54 Å². The summed E-state index contributed by atoms with van der Waals surface area (Å²) in [5, 5.41) is 4.32. The van der Waals surface area contributed by atoms with Crippen molar-refractivity contribution in [1.29, 1.82) is 0 Å². The maximum Gasteiger partial charge on any atom is 0.130 e. The summed E-state index contributed by atoms with van der Waals surface area (Å²) in [5.74, 6) is 0.858. The fraction of sp³-hybridized carbons (Fsp3) is 0.267. The zero-order valence-electron chi connectivity index (χ0n) is 10.8. The van der Waals surface area contributed by atoms with Gasteiger partial charge in [-0.05, 0) is 42.3 Å². The molecular weight excluding hydrogens is 295 g/mol. The third-order valence-electron chi connectivity index (χ3n) is 3.35. The van der Waals surface area contributed by atoms with E-state index < -0.39 is 0 Å². The third kappa shape index (κ3) is 3.06. The Morgan fingerprint density at radius 1 is 1.20 bits per heavy atom. The molecule has 1 aliphatic rings. The Hall–Kier alpha value is -1.29. The molecular formula is C15H14Cl2N2O. The topological polar surface area (TPSA) is 34.1 Å². The molecule has 0 fully saturated rings. The van der Waals surface area contributed by atoms with E-state index in [1.165, 1.54) is 11.1 Å². The Balaban J connectivity index is 1.72. The van der Waals surface area contributed by atoms with E-state index >= 15 is 0 Å². The quantitative estimate of drug-likeness (QED) is 0.880. The number of hydrogen-bond donors (Lipinski definition) is 1. The molecule has 3 rings (SSSR count). The molecule has 0 spiro atoms. The van der Waals surface area contributed by atoms with Crippen LogP contribution in [-0.4, -0.2) is 11.5 Å². The third-order valence-corrected chi connectivity index (χ3v) is 3.91. The van der Waals surface area contributed by atoms with E-state index in [-0.39, 0.29) is 0 Å². The second kappa shape index (κ2) is 6.00. The summed E-state index contributed by atoms with van der Waals surface area (Å²) in [6.45, 7) is 2.34. The van der Waals surface area contributed by atoms with Crippen LogP contribution in [0.4, 0.5) is 0 Å². The molecule has 0 amide bonds. The van der Waals surface area contributed by atoms with Crippen LogP contribution in [0.5, 0.6) is 5.75 Å². The number of aromatic nitrogens is 1. The van der Waals surface area contributed by atoms with Crippen LogP contribution in [-0.2, 0) is 19.6 Å². The summed E-state index contributed by atoms with van der Waals surface area (Å²) >= 11 is 11.9. The van der Waals surface area contributed by atoms with E-state index in [0.717, 1.165) is 30.8 Å². The minimum Gasteiger partial charge on any atom is -0.489 e. The van der Waals surface area contributed by atoms with Gasteiger partial charge in [-0.3, -0.25) is 0 Å². The molecule has 5 heteroatoms. The van der Waals surface area contributed by atoms with Crippen LogP contribution in [0.3, 0.4) is 0 Å². The maximum absolute atomic E-state index is 6.10. The van der Waals surface area contributed by atoms with Crippen molar-refractivity contribution in [3.63, 3.8) is 0 Å². The summed E-state index contributed by atoms with van der Waals surface area (Å²) in [4.78, 5) is 4.02. The standard InChI is InChI=1S/C15H14Cl2N2O/c16-14-6-15(17)19-8-12(14)9-20-13-2-1-11-7-18-4-3-10(11)5-13/h1-2,5-6,8,18H,3-4,7,9H2. The maximum atomic E-state index is 6.10. The van der Waals surface area contributed by atoms with Crippen LogP contribution in [0.25, 0.3) is 0 Å². The van der Waals surface area contributed by atoms with E-state index in [1.807, 2.05) is 6.07 Å². The van der Waals surface area contributed by atoms with Crippen LogP contribution in [0.2, 0.25) is 10.2 Å². The molecule has 2 heterocycles. The lowest BCUT2D eigenvalue weighted by Gasteiger charge is -2.18. The second-order valence-corrected chi connectivity index (χ2v) is 5.54. The molecule has 0 bridgehead atoms. The summed E-state index contributed by atoms with van der Waals surface area (Å²) in [5.41, 5.74) is 3.52. The van der Waals surface area contributed by atoms with Gasteiger partial charge in [0.2, 0.25) is 0 Å². The number of rotatable bonds is 3. The van der Waals surface area contributed by atoms with E-state index in [0.29, 0.717) is 16.8 Å². The molecule has 0 unspecified atom stereocenters. The highest BCUT2D eigenvalue weighted by molar-refractivity contribution is 6.34. The van der Waals surface area contributed by atoms with Crippen molar-refractivity contribution in [1.82, 2.24) is 10.3 Å². The van der Waals surface area contributed by atoms with E-state index in [1.54, 1.807) is 12.3 Å². The predicted molar refractivity (Wildman–Crippen MR) is 80.4 cm³/mol. The van der Waals surface area contributed by atoms with E-state index in [2.05, 4.69) is 22.4 Å². The van der Waals surface area contributed by atoms with Crippen LogP contribution >= 0.6 is 23.2 Å². The van der Waals surface area contributed by atoms with Gasteiger partial charge in [0.25, 0.3) is 0 Å². The minimum atomic E-state index is 0.389. The molecule has 104 valence electrons. The summed E-state index contributed by atoms with van der Waals surface area (Å²) < 4.78 is 5.79. The number of benzene rings is 1. The molecule has 0 radical (unpaired) electrons. The number of nitrogens with one attached hydrogen (secondary N) is 1. The fourth-order valence-electron chi connectivity index (χ4n) is 2.25. The summed E-state index contributed by atoms with van der Waals surface area (Å²) in [6.07, 6.45) is 2.68. The molecule has 1 aliphatic heterocycles. The van der Waals surface area contributed by atoms with Crippen LogP contribution in [0.15, 0.2) is 30.5 Å². The molecule has 0 saturated carbocycles. The molecule has 20 heavy (non-hydrogen) atoms. The molecule has 1 aromatic heterocycles. The Labute approximate surface area is 127 Å². The lowest BCUT2D eigenvalue weighted by Crippen LogP contribution is -2.23. The molecule has 3 nitrogen and oxygen atoms in total. The van der Waals surface area contributed by atoms with Crippen LogP contribution < -0.4 is 10.1 Å². The molecule has 1 aromatic carbocycles. The Kier molecular flexibility index (Phi) is 4.10. The highest BCUT2D eigenvalue weighted by atomic mass is 35.5. The van der Waals surface area contributed by atoms with Crippen molar-refractivity contribution in [3.8, 4) is 5.75 Å². The average molecular weight is 309 g/mol. The molecule has 2 aromatic rings. The van der Waals surface area contributed by atoms with E-state index in [9.17, 15) is 0 Å². The van der Waals surface area contributed by atoms with Crippen molar-refractivity contribution in [2.24, 2.45) is 0 Å². The first-order valence-electron chi connectivity index (χ1n) is 6.47. The SMILES string of the molecule is Clc1cc(Cl)c(COc2ccc3c(c2)CCNC3)cn1. The zero-order chi connectivity index (χ0) is 13.9. The Morgan fingerprint density at radius 3 is 2.95 bits per heavy atom. The van der Waals surface area contributed by atoms with Crippen molar-refractivity contribution in [2.45, 2.75) is 19.6 Å². The minimum absolute atomic E-state index is 0.389.